The molecule has 0 aromatic heterocycles. The summed E-state index contributed by atoms with van der Waals surface area (Å²) >= 11 is 1.47. The number of nitrogens with one attached hydrogen (secondary N) is 3. The molecule has 0 heterocycles. The van der Waals surface area contributed by atoms with Crippen molar-refractivity contribution in [2.24, 2.45) is 5.73 Å². The molecule has 10 heteroatoms. The third-order valence-electron chi connectivity index (χ3n) is 3.79. The Morgan fingerprint density at radius 3 is 2.29 bits per heavy atom. The first-order valence-corrected chi connectivity index (χ1v) is 10.1. The van der Waals surface area contributed by atoms with E-state index in [1.807, 2.05) is 36.6 Å². The van der Waals surface area contributed by atoms with Gasteiger partial charge in [0.25, 0.3) is 0 Å². The highest BCUT2D eigenvalue weighted by atomic mass is 32.2. The zero-order chi connectivity index (χ0) is 20.9. The van der Waals surface area contributed by atoms with Gasteiger partial charge in [0.1, 0.15) is 12.1 Å². The van der Waals surface area contributed by atoms with E-state index in [-0.39, 0.29) is 19.4 Å². The number of hydrogen-bond acceptors (Lipinski definition) is 6. The van der Waals surface area contributed by atoms with Gasteiger partial charge in [-0.15, -0.1) is 0 Å². The predicted octanol–water partition coefficient (Wildman–Crippen LogP) is -0.889. The number of nitrogens with two attached hydrogens (primary N) is 1. The fourth-order valence-corrected chi connectivity index (χ4v) is 2.81. The summed E-state index contributed by atoms with van der Waals surface area (Å²) in [6.45, 7) is -0.666. The molecule has 0 aliphatic rings. The first-order valence-electron chi connectivity index (χ1n) is 8.69. The van der Waals surface area contributed by atoms with Crippen LogP contribution in [0.25, 0.3) is 0 Å². The fourth-order valence-electron chi connectivity index (χ4n) is 2.34. The maximum absolute atomic E-state index is 12.4. The Morgan fingerprint density at radius 2 is 1.71 bits per heavy atom. The Balaban J connectivity index is 2.64. The first kappa shape index (κ1) is 23.4. The standard InChI is InChI=1S/C18H26N4O5S/c1-28-8-7-13(18(26)27)21-16(24)11-20-17(25)14(22-15(23)10-19)9-12-5-3-2-4-6-12/h2-6,13-14H,7-11,19H2,1H3,(H,20,25)(H,21,24)(H,22,23)(H,26,27). The number of thioether (sulfide) groups is 1. The van der Waals surface area contributed by atoms with Crippen molar-refractivity contribution in [2.45, 2.75) is 24.9 Å². The van der Waals surface area contributed by atoms with Gasteiger partial charge in [-0.3, -0.25) is 14.4 Å². The minimum absolute atomic E-state index is 0.228. The van der Waals surface area contributed by atoms with Crippen LogP contribution in [-0.4, -0.2) is 66.0 Å². The van der Waals surface area contributed by atoms with Crippen LogP contribution < -0.4 is 21.7 Å². The van der Waals surface area contributed by atoms with Gasteiger partial charge < -0.3 is 26.8 Å². The van der Waals surface area contributed by atoms with Gasteiger partial charge in [-0.25, -0.2) is 4.79 Å². The average molecular weight is 410 g/mol. The van der Waals surface area contributed by atoms with Crippen molar-refractivity contribution in [3.05, 3.63) is 35.9 Å². The molecule has 3 amide bonds. The van der Waals surface area contributed by atoms with Gasteiger partial charge in [0.05, 0.1) is 13.1 Å². The Bertz CT molecular complexity index is 671. The zero-order valence-corrected chi connectivity index (χ0v) is 16.5. The molecule has 9 nitrogen and oxygen atoms in total. The van der Waals surface area contributed by atoms with E-state index in [0.717, 1.165) is 5.56 Å². The molecule has 1 aromatic carbocycles. The Labute approximate surface area is 167 Å². The summed E-state index contributed by atoms with van der Waals surface area (Å²) < 4.78 is 0. The number of hydrogen-bond donors (Lipinski definition) is 5. The molecular weight excluding hydrogens is 384 g/mol. The van der Waals surface area contributed by atoms with Crippen LogP contribution in [0, 0.1) is 0 Å². The van der Waals surface area contributed by atoms with E-state index in [1.54, 1.807) is 0 Å². The van der Waals surface area contributed by atoms with Crippen LogP contribution in [0.15, 0.2) is 30.3 Å². The number of benzene rings is 1. The molecule has 1 aromatic rings. The number of aliphatic carboxylic acids is 1. The third-order valence-corrected chi connectivity index (χ3v) is 4.43. The van der Waals surface area contributed by atoms with Crippen molar-refractivity contribution < 1.29 is 24.3 Å². The summed E-state index contributed by atoms with van der Waals surface area (Å²) in [4.78, 5) is 47.2. The molecule has 28 heavy (non-hydrogen) atoms. The van der Waals surface area contributed by atoms with Crippen molar-refractivity contribution in [2.75, 3.05) is 25.1 Å². The Kier molecular flexibility index (Phi) is 10.7. The minimum Gasteiger partial charge on any atom is -0.480 e. The van der Waals surface area contributed by atoms with Crippen LogP contribution in [0.4, 0.5) is 0 Å². The fraction of sp³-hybridized carbons (Fsp3) is 0.444. The molecule has 0 saturated heterocycles. The van der Waals surface area contributed by atoms with E-state index in [0.29, 0.717) is 5.75 Å². The molecular formula is C18H26N4O5S. The normalized spacial score (nSPS) is 12.5. The van der Waals surface area contributed by atoms with Crippen LogP contribution in [-0.2, 0) is 25.6 Å². The number of carboxylic acids is 1. The summed E-state index contributed by atoms with van der Waals surface area (Å²) in [5, 5.41) is 16.5. The molecule has 1 rings (SSSR count). The van der Waals surface area contributed by atoms with Crippen LogP contribution >= 0.6 is 11.8 Å². The van der Waals surface area contributed by atoms with E-state index in [9.17, 15) is 19.2 Å². The predicted molar refractivity (Wildman–Crippen MR) is 107 cm³/mol. The molecule has 0 radical (unpaired) electrons. The van der Waals surface area contributed by atoms with Gasteiger partial charge >= 0.3 is 5.97 Å². The second-order valence-electron chi connectivity index (χ2n) is 5.97. The lowest BCUT2D eigenvalue weighted by Crippen LogP contribution is -2.52. The minimum atomic E-state index is -1.13. The summed E-state index contributed by atoms with van der Waals surface area (Å²) in [5.41, 5.74) is 6.12. The first-order chi connectivity index (χ1) is 13.4. The second-order valence-corrected chi connectivity index (χ2v) is 6.96. The van der Waals surface area contributed by atoms with Crippen molar-refractivity contribution in [1.29, 1.82) is 0 Å². The lowest BCUT2D eigenvalue weighted by atomic mass is 10.1. The van der Waals surface area contributed by atoms with Crippen LogP contribution in [0.3, 0.4) is 0 Å². The van der Waals surface area contributed by atoms with Crippen LogP contribution in [0.2, 0.25) is 0 Å². The van der Waals surface area contributed by atoms with Crippen molar-refractivity contribution in [1.82, 2.24) is 16.0 Å². The zero-order valence-electron chi connectivity index (χ0n) is 15.6. The Morgan fingerprint density at radius 1 is 1.07 bits per heavy atom. The van der Waals surface area contributed by atoms with Crippen LogP contribution in [0.5, 0.6) is 0 Å². The third kappa shape index (κ3) is 8.87. The van der Waals surface area contributed by atoms with Gasteiger partial charge in [0, 0.05) is 6.42 Å². The van der Waals surface area contributed by atoms with Gasteiger partial charge in [-0.1, -0.05) is 30.3 Å². The van der Waals surface area contributed by atoms with Crippen molar-refractivity contribution in [3.8, 4) is 0 Å². The molecule has 2 atom stereocenters. The molecule has 0 aliphatic heterocycles. The summed E-state index contributed by atoms with van der Waals surface area (Å²) in [6, 6.07) is 7.14. The molecule has 2 unspecified atom stereocenters. The Hall–Kier alpha value is -2.59. The number of carbonyl (C=O) groups excluding carboxylic acids is 3. The van der Waals surface area contributed by atoms with E-state index in [2.05, 4.69) is 16.0 Å². The number of carboxylic acid groups (broad SMARTS) is 1. The maximum Gasteiger partial charge on any atom is 0.326 e. The average Bonchev–Trinajstić information content (AvgIpc) is 2.69. The van der Waals surface area contributed by atoms with E-state index < -0.39 is 42.3 Å². The molecule has 154 valence electrons. The largest absolute Gasteiger partial charge is 0.480 e. The SMILES string of the molecule is CSCCC(NC(=O)CNC(=O)C(Cc1ccccc1)NC(=O)CN)C(=O)O. The topological polar surface area (TPSA) is 151 Å². The summed E-state index contributed by atoms with van der Waals surface area (Å²) in [7, 11) is 0. The molecule has 0 saturated carbocycles. The molecule has 0 aliphatic carbocycles. The van der Waals surface area contributed by atoms with E-state index in [4.69, 9.17) is 10.8 Å². The van der Waals surface area contributed by atoms with Crippen molar-refractivity contribution in [3.63, 3.8) is 0 Å². The molecule has 0 spiro atoms. The number of amides is 3. The van der Waals surface area contributed by atoms with E-state index in [1.165, 1.54) is 11.8 Å². The van der Waals surface area contributed by atoms with Gasteiger partial charge in [-0.05, 0) is 24.0 Å². The number of rotatable bonds is 12. The van der Waals surface area contributed by atoms with Crippen molar-refractivity contribution >= 4 is 35.5 Å². The highest BCUT2D eigenvalue weighted by molar-refractivity contribution is 7.98. The highest BCUT2D eigenvalue weighted by Crippen LogP contribution is 2.04. The van der Waals surface area contributed by atoms with E-state index >= 15 is 0 Å². The van der Waals surface area contributed by atoms with Gasteiger partial charge in [-0.2, -0.15) is 11.8 Å². The summed E-state index contributed by atoms with van der Waals surface area (Å²) in [6.07, 6.45) is 2.34. The number of carbonyl (C=O) groups is 4. The highest BCUT2D eigenvalue weighted by Gasteiger charge is 2.23. The van der Waals surface area contributed by atoms with Gasteiger partial charge in [0.15, 0.2) is 0 Å². The second kappa shape index (κ2) is 12.7. The monoisotopic (exact) mass is 410 g/mol. The van der Waals surface area contributed by atoms with Crippen LogP contribution in [0.1, 0.15) is 12.0 Å². The smallest absolute Gasteiger partial charge is 0.326 e. The lowest BCUT2D eigenvalue weighted by molar-refractivity contribution is -0.141. The quantitative estimate of drug-likeness (QED) is 0.300. The lowest BCUT2D eigenvalue weighted by Gasteiger charge is -2.19. The molecule has 0 fully saturated rings. The summed E-state index contributed by atoms with van der Waals surface area (Å²) in [5.74, 6) is -2.23. The molecule has 6 N–H and O–H groups in total. The molecule has 0 bridgehead atoms. The maximum atomic E-state index is 12.4. The van der Waals surface area contributed by atoms with Gasteiger partial charge in [0.2, 0.25) is 17.7 Å².